The van der Waals surface area contributed by atoms with Crippen molar-refractivity contribution in [3.05, 3.63) is 47.0 Å². The molecule has 3 N–H and O–H groups in total. The fourth-order valence-corrected chi connectivity index (χ4v) is 1.76. The highest BCUT2D eigenvalue weighted by molar-refractivity contribution is 5.98. The Bertz CT molecular complexity index is 591. The minimum absolute atomic E-state index is 0.123. The maximum absolute atomic E-state index is 12.9. The summed E-state index contributed by atoms with van der Waals surface area (Å²) in [6, 6.07) is 3.30. The van der Waals surface area contributed by atoms with Crippen LogP contribution in [-0.2, 0) is 11.0 Å². The number of nitrogens with one attached hydrogen (secondary N) is 1. The van der Waals surface area contributed by atoms with Gasteiger partial charge in [0.2, 0.25) is 5.91 Å². The van der Waals surface area contributed by atoms with Crippen LogP contribution in [0.1, 0.15) is 36.2 Å². The lowest BCUT2D eigenvalue weighted by Gasteiger charge is -2.16. The average Bonchev–Trinajstić information content (AvgIpc) is 2.41. The lowest BCUT2D eigenvalue weighted by Crippen LogP contribution is -2.44. The summed E-state index contributed by atoms with van der Waals surface area (Å²) in [4.78, 5) is 23.3. The van der Waals surface area contributed by atoms with Gasteiger partial charge in [-0.05, 0) is 32.4 Å². The van der Waals surface area contributed by atoms with E-state index < -0.39 is 35.2 Å². The van der Waals surface area contributed by atoms with Gasteiger partial charge in [-0.25, -0.2) is 0 Å². The molecule has 0 fully saturated rings. The fraction of sp³-hybridized carbons (Fsp3) is 0.333. The minimum atomic E-state index is -4.66. The first-order valence-electron chi connectivity index (χ1n) is 6.52. The molecule has 7 heteroatoms. The van der Waals surface area contributed by atoms with Gasteiger partial charge in [0.15, 0.2) is 0 Å². The summed E-state index contributed by atoms with van der Waals surface area (Å²) in [5.74, 6) is -1.80. The average molecular weight is 314 g/mol. The van der Waals surface area contributed by atoms with Gasteiger partial charge in [-0.2, -0.15) is 13.2 Å². The van der Waals surface area contributed by atoms with Gasteiger partial charge in [-0.15, -0.1) is 0 Å². The zero-order chi connectivity index (χ0) is 16.9. The van der Waals surface area contributed by atoms with E-state index >= 15 is 0 Å². The Kier molecular flexibility index (Phi) is 5.73. The molecule has 2 amide bonds. The molecule has 22 heavy (non-hydrogen) atoms. The largest absolute Gasteiger partial charge is 0.417 e. The molecule has 1 atom stereocenters. The lowest BCUT2D eigenvalue weighted by molar-refractivity contribution is -0.137. The Balaban J connectivity index is 3.01. The van der Waals surface area contributed by atoms with Crippen molar-refractivity contribution in [2.24, 2.45) is 5.73 Å². The Labute approximate surface area is 126 Å². The van der Waals surface area contributed by atoms with E-state index in [-0.39, 0.29) is 6.42 Å². The molecule has 1 aromatic carbocycles. The molecule has 1 rings (SSSR count). The topological polar surface area (TPSA) is 72.2 Å². The highest BCUT2D eigenvalue weighted by Crippen LogP contribution is 2.31. The maximum Gasteiger partial charge on any atom is 0.417 e. The number of allylic oxidation sites excluding steroid dienone is 1. The van der Waals surface area contributed by atoms with Crippen molar-refractivity contribution in [2.45, 2.75) is 32.5 Å². The molecular formula is C15H17F3N2O2. The minimum Gasteiger partial charge on any atom is -0.368 e. The van der Waals surface area contributed by atoms with E-state index in [1.807, 2.05) is 0 Å². The summed E-state index contributed by atoms with van der Waals surface area (Å²) >= 11 is 0. The first-order chi connectivity index (χ1) is 10.1. The highest BCUT2D eigenvalue weighted by atomic mass is 19.4. The van der Waals surface area contributed by atoms with E-state index in [0.29, 0.717) is 0 Å². The molecule has 0 aliphatic carbocycles. The molecular weight excluding hydrogens is 297 g/mol. The summed E-state index contributed by atoms with van der Waals surface area (Å²) in [6.07, 6.45) is -2.86. The van der Waals surface area contributed by atoms with Crippen LogP contribution in [-0.4, -0.2) is 17.9 Å². The molecule has 0 spiro atoms. The zero-order valence-corrected chi connectivity index (χ0v) is 12.2. The number of hydrogen-bond acceptors (Lipinski definition) is 2. The molecule has 120 valence electrons. The summed E-state index contributed by atoms with van der Waals surface area (Å²) in [5.41, 5.74) is 4.47. The number of primary amides is 1. The van der Waals surface area contributed by atoms with Gasteiger partial charge >= 0.3 is 6.18 Å². The third-order valence-electron chi connectivity index (χ3n) is 2.89. The predicted molar refractivity (Wildman–Crippen MR) is 75.9 cm³/mol. The molecule has 0 saturated carbocycles. The molecule has 0 saturated heterocycles. The van der Waals surface area contributed by atoms with Crippen LogP contribution in [0.4, 0.5) is 13.2 Å². The van der Waals surface area contributed by atoms with Crippen LogP contribution in [0.3, 0.4) is 0 Å². The van der Waals surface area contributed by atoms with Crippen LogP contribution >= 0.6 is 0 Å². The van der Waals surface area contributed by atoms with Crippen molar-refractivity contribution in [1.82, 2.24) is 5.32 Å². The van der Waals surface area contributed by atoms with Crippen LogP contribution in [0, 0.1) is 0 Å². The third-order valence-corrected chi connectivity index (χ3v) is 2.89. The van der Waals surface area contributed by atoms with Gasteiger partial charge in [0.1, 0.15) is 6.04 Å². The number of alkyl halides is 3. The van der Waals surface area contributed by atoms with Gasteiger partial charge in [0, 0.05) is 0 Å². The quantitative estimate of drug-likeness (QED) is 0.820. The van der Waals surface area contributed by atoms with Gasteiger partial charge in [0.25, 0.3) is 5.91 Å². The third kappa shape index (κ3) is 4.91. The van der Waals surface area contributed by atoms with Crippen molar-refractivity contribution in [2.75, 3.05) is 0 Å². The van der Waals surface area contributed by atoms with Gasteiger partial charge in [-0.3, -0.25) is 9.59 Å². The first-order valence-corrected chi connectivity index (χ1v) is 6.52. The molecule has 0 radical (unpaired) electrons. The Hall–Kier alpha value is -2.31. The second-order valence-corrected chi connectivity index (χ2v) is 4.99. The molecule has 0 aromatic heterocycles. The predicted octanol–water partition coefficient (Wildman–Crippen LogP) is 2.65. The standard InChI is InChI=1S/C15H17F3N2O2/c1-9(2)7-8-12(13(19)21)20-14(22)10-5-3-4-6-11(10)15(16,17)18/h3-7,12H,8H2,1-2H3,(H2,19,21)(H,20,22)/t12-/m0/s1. The van der Waals surface area contributed by atoms with E-state index in [9.17, 15) is 22.8 Å². The maximum atomic E-state index is 12.9. The Morgan fingerprint density at radius 2 is 1.86 bits per heavy atom. The molecule has 1 aromatic rings. The van der Waals surface area contributed by atoms with Gasteiger partial charge in [0.05, 0.1) is 11.1 Å². The monoisotopic (exact) mass is 314 g/mol. The van der Waals surface area contributed by atoms with E-state index in [2.05, 4.69) is 5.32 Å². The van der Waals surface area contributed by atoms with Crippen molar-refractivity contribution in [1.29, 1.82) is 0 Å². The van der Waals surface area contributed by atoms with E-state index in [1.54, 1.807) is 19.9 Å². The second kappa shape index (κ2) is 7.11. The number of rotatable bonds is 5. The van der Waals surface area contributed by atoms with E-state index in [1.165, 1.54) is 12.1 Å². The van der Waals surface area contributed by atoms with Crippen LogP contribution < -0.4 is 11.1 Å². The molecule has 0 bridgehead atoms. The zero-order valence-electron chi connectivity index (χ0n) is 12.2. The smallest absolute Gasteiger partial charge is 0.368 e. The normalized spacial score (nSPS) is 12.4. The number of carbonyl (C=O) groups excluding carboxylic acids is 2. The number of hydrogen-bond donors (Lipinski definition) is 2. The highest BCUT2D eigenvalue weighted by Gasteiger charge is 2.35. The summed E-state index contributed by atoms with van der Waals surface area (Å²) in [5, 5.41) is 2.24. The summed E-state index contributed by atoms with van der Waals surface area (Å²) in [6.45, 7) is 3.58. The molecule has 0 unspecified atom stereocenters. The molecule has 0 aliphatic heterocycles. The second-order valence-electron chi connectivity index (χ2n) is 4.99. The van der Waals surface area contributed by atoms with Gasteiger partial charge < -0.3 is 11.1 Å². The number of nitrogens with two attached hydrogens (primary N) is 1. The van der Waals surface area contributed by atoms with Crippen LogP contribution in [0.15, 0.2) is 35.9 Å². The van der Waals surface area contributed by atoms with Crippen molar-refractivity contribution in [3.63, 3.8) is 0 Å². The van der Waals surface area contributed by atoms with Crippen molar-refractivity contribution in [3.8, 4) is 0 Å². The molecule has 0 heterocycles. The number of carbonyl (C=O) groups is 2. The van der Waals surface area contributed by atoms with E-state index in [4.69, 9.17) is 5.73 Å². The van der Waals surface area contributed by atoms with Gasteiger partial charge in [-0.1, -0.05) is 23.8 Å². The van der Waals surface area contributed by atoms with Crippen molar-refractivity contribution < 1.29 is 22.8 Å². The van der Waals surface area contributed by atoms with Crippen LogP contribution in [0.2, 0.25) is 0 Å². The summed E-state index contributed by atoms with van der Waals surface area (Å²) < 4.78 is 38.6. The Morgan fingerprint density at radius 3 is 2.36 bits per heavy atom. The fourth-order valence-electron chi connectivity index (χ4n) is 1.76. The molecule has 4 nitrogen and oxygen atoms in total. The van der Waals surface area contributed by atoms with Crippen LogP contribution in [0.5, 0.6) is 0 Å². The van der Waals surface area contributed by atoms with Crippen LogP contribution in [0.25, 0.3) is 0 Å². The summed E-state index contributed by atoms with van der Waals surface area (Å²) in [7, 11) is 0. The Morgan fingerprint density at radius 1 is 1.27 bits per heavy atom. The SMILES string of the molecule is CC(C)=CC[C@H](NC(=O)c1ccccc1C(F)(F)F)C(N)=O. The number of amides is 2. The van der Waals surface area contributed by atoms with Crippen molar-refractivity contribution >= 4 is 11.8 Å². The van der Waals surface area contributed by atoms with E-state index in [0.717, 1.165) is 17.7 Å². The number of benzene rings is 1. The lowest BCUT2D eigenvalue weighted by atomic mass is 10.1. The molecule has 0 aliphatic rings. The number of halogens is 3. The first kappa shape index (κ1) is 17.7.